The molecule has 1 aliphatic heterocycles. The zero-order chi connectivity index (χ0) is 18.1. The molecule has 2 heterocycles. The number of aromatic amines is 1. The molecule has 0 unspecified atom stereocenters. The van der Waals surface area contributed by atoms with Gasteiger partial charge >= 0.3 is 0 Å². The molecule has 1 saturated heterocycles. The molecule has 0 radical (unpaired) electrons. The molecule has 4 rings (SSSR count). The summed E-state index contributed by atoms with van der Waals surface area (Å²) in [6.45, 7) is 8.80. The molecule has 0 saturated carbocycles. The Labute approximate surface area is 155 Å². The highest BCUT2D eigenvalue weighted by atomic mass is 16.3. The average molecular weight is 349 g/mol. The number of hydrogen-bond donors (Lipinski definition) is 2. The van der Waals surface area contributed by atoms with Gasteiger partial charge in [-0.05, 0) is 38.1 Å². The van der Waals surface area contributed by atoms with Gasteiger partial charge in [-0.2, -0.15) is 0 Å². The quantitative estimate of drug-likeness (QED) is 0.756. The highest BCUT2D eigenvalue weighted by Crippen LogP contribution is 2.29. The Hall–Kier alpha value is -2.30. The van der Waals surface area contributed by atoms with Crippen LogP contribution in [0.1, 0.15) is 22.9 Å². The number of β-amino-alcohol motifs (C(OH)–C–C–N with tert-alkyl or cyclic N) is 1. The van der Waals surface area contributed by atoms with E-state index in [0.29, 0.717) is 6.54 Å². The Balaban J connectivity index is 1.44. The van der Waals surface area contributed by atoms with Crippen LogP contribution in [0.4, 0.5) is 5.69 Å². The third-order valence-corrected chi connectivity index (χ3v) is 5.45. The second kappa shape index (κ2) is 7.14. The topological polar surface area (TPSA) is 42.5 Å². The fourth-order valence-corrected chi connectivity index (χ4v) is 4.05. The standard InChI is InChI=1S/C22H27N3O/c1-16-8-9-20-19(14-16)22(17(2)23-20)21(26)15-24-10-12-25(13-11-24)18-6-4-3-5-7-18/h3-9,14,21,23,26H,10-13,15H2,1-2H3/t21-/m0/s1. The molecule has 3 aromatic rings. The first kappa shape index (κ1) is 17.1. The number of anilines is 1. The van der Waals surface area contributed by atoms with Gasteiger partial charge in [0.1, 0.15) is 0 Å². The van der Waals surface area contributed by atoms with Crippen molar-refractivity contribution in [2.75, 3.05) is 37.6 Å². The lowest BCUT2D eigenvalue weighted by Crippen LogP contribution is -2.47. The van der Waals surface area contributed by atoms with E-state index in [0.717, 1.165) is 48.3 Å². The Morgan fingerprint density at radius 2 is 1.73 bits per heavy atom. The largest absolute Gasteiger partial charge is 0.387 e. The summed E-state index contributed by atoms with van der Waals surface area (Å²) in [6, 6.07) is 17.0. The van der Waals surface area contributed by atoms with Gasteiger partial charge in [0.05, 0.1) is 6.10 Å². The van der Waals surface area contributed by atoms with Crippen molar-refractivity contribution in [1.82, 2.24) is 9.88 Å². The fraction of sp³-hybridized carbons (Fsp3) is 0.364. The lowest BCUT2D eigenvalue weighted by Gasteiger charge is -2.37. The third-order valence-electron chi connectivity index (χ3n) is 5.45. The number of nitrogens with zero attached hydrogens (tertiary/aromatic N) is 2. The van der Waals surface area contributed by atoms with Crippen molar-refractivity contribution < 1.29 is 5.11 Å². The van der Waals surface area contributed by atoms with E-state index in [1.807, 2.05) is 0 Å². The minimum Gasteiger partial charge on any atom is -0.387 e. The SMILES string of the molecule is Cc1ccc2[nH]c(C)c([C@@H](O)CN3CCN(c4ccccc4)CC3)c2c1. The van der Waals surface area contributed by atoms with Crippen molar-refractivity contribution in [3.8, 4) is 0 Å². The second-order valence-electron chi connectivity index (χ2n) is 7.35. The van der Waals surface area contributed by atoms with E-state index < -0.39 is 6.10 Å². The molecule has 0 amide bonds. The molecule has 0 spiro atoms. The summed E-state index contributed by atoms with van der Waals surface area (Å²) in [7, 11) is 0. The maximum absolute atomic E-state index is 10.9. The number of rotatable bonds is 4. The number of aliphatic hydroxyl groups excluding tert-OH is 1. The van der Waals surface area contributed by atoms with Crippen molar-refractivity contribution in [1.29, 1.82) is 0 Å². The number of hydrogen-bond acceptors (Lipinski definition) is 3. The molecule has 2 N–H and O–H groups in total. The normalized spacial score (nSPS) is 17.0. The number of benzene rings is 2. The van der Waals surface area contributed by atoms with Gasteiger partial charge in [-0.15, -0.1) is 0 Å². The van der Waals surface area contributed by atoms with Crippen molar-refractivity contribution in [3.63, 3.8) is 0 Å². The van der Waals surface area contributed by atoms with Crippen molar-refractivity contribution in [2.45, 2.75) is 20.0 Å². The predicted molar refractivity (Wildman–Crippen MR) is 108 cm³/mol. The number of aliphatic hydroxyl groups is 1. The first-order chi connectivity index (χ1) is 12.6. The Bertz CT molecular complexity index is 879. The third kappa shape index (κ3) is 3.35. The number of para-hydroxylation sites is 1. The zero-order valence-corrected chi connectivity index (χ0v) is 15.6. The van der Waals surface area contributed by atoms with Crippen LogP contribution in [-0.4, -0.2) is 47.7 Å². The first-order valence-corrected chi connectivity index (χ1v) is 9.41. The van der Waals surface area contributed by atoms with Gasteiger partial charge in [-0.25, -0.2) is 0 Å². The van der Waals surface area contributed by atoms with Crippen LogP contribution in [-0.2, 0) is 0 Å². The van der Waals surface area contributed by atoms with Crippen LogP contribution in [0.15, 0.2) is 48.5 Å². The molecule has 1 aromatic heterocycles. The molecule has 4 nitrogen and oxygen atoms in total. The highest BCUT2D eigenvalue weighted by Gasteiger charge is 2.23. The van der Waals surface area contributed by atoms with E-state index in [1.54, 1.807) is 0 Å². The molecule has 0 aliphatic carbocycles. The second-order valence-corrected chi connectivity index (χ2v) is 7.35. The van der Waals surface area contributed by atoms with E-state index in [1.165, 1.54) is 11.3 Å². The molecule has 26 heavy (non-hydrogen) atoms. The Morgan fingerprint density at radius 3 is 2.46 bits per heavy atom. The van der Waals surface area contributed by atoms with Gasteiger partial charge in [0.25, 0.3) is 0 Å². The minimum atomic E-state index is -0.464. The van der Waals surface area contributed by atoms with E-state index >= 15 is 0 Å². The van der Waals surface area contributed by atoms with Gasteiger partial charge in [0, 0.05) is 60.6 Å². The molecule has 136 valence electrons. The van der Waals surface area contributed by atoms with Crippen LogP contribution >= 0.6 is 0 Å². The number of fused-ring (bicyclic) bond motifs is 1. The van der Waals surface area contributed by atoms with Gasteiger partial charge in [-0.3, -0.25) is 4.90 Å². The molecule has 4 heteroatoms. The summed E-state index contributed by atoms with van der Waals surface area (Å²) in [6.07, 6.45) is -0.464. The summed E-state index contributed by atoms with van der Waals surface area (Å²) in [4.78, 5) is 8.21. The minimum absolute atomic E-state index is 0.464. The maximum Gasteiger partial charge on any atom is 0.0940 e. The number of H-pyrrole nitrogens is 1. The summed E-state index contributed by atoms with van der Waals surface area (Å²) < 4.78 is 0. The van der Waals surface area contributed by atoms with Gasteiger partial charge in [0.2, 0.25) is 0 Å². The summed E-state index contributed by atoms with van der Waals surface area (Å²) >= 11 is 0. The fourth-order valence-electron chi connectivity index (χ4n) is 4.05. The summed E-state index contributed by atoms with van der Waals surface area (Å²) in [5.74, 6) is 0. The molecule has 2 aromatic carbocycles. The van der Waals surface area contributed by atoms with E-state index in [9.17, 15) is 5.11 Å². The van der Waals surface area contributed by atoms with Crippen LogP contribution in [0, 0.1) is 13.8 Å². The van der Waals surface area contributed by atoms with Gasteiger partial charge in [-0.1, -0.05) is 29.8 Å². The lowest BCUT2D eigenvalue weighted by molar-refractivity contribution is 0.110. The molecule has 1 fully saturated rings. The Kier molecular flexibility index (Phi) is 4.70. The maximum atomic E-state index is 10.9. The molecule has 0 bridgehead atoms. The predicted octanol–water partition coefficient (Wildman–Crippen LogP) is 3.64. The van der Waals surface area contributed by atoms with Crippen molar-refractivity contribution in [2.24, 2.45) is 0 Å². The summed E-state index contributed by atoms with van der Waals surface area (Å²) in [5, 5.41) is 12.1. The smallest absolute Gasteiger partial charge is 0.0940 e. The van der Waals surface area contributed by atoms with E-state index in [2.05, 4.69) is 77.2 Å². The highest BCUT2D eigenvalue weighted by molar-refractivity contribution is 5.85. The van der Waals surface area contributed by atoms with Gasteiger partial charge < -0.3 is 15.0 Å². The van der Waals surface area contributed by atoms with Crippen LogP contribution in [0.5, 0.6) is 0 Å². The number of piperazine rings is 1. The van der Waals surface area contributed by atoms with Crippen molar-refractivity contribution >= 4 is 16.6 Å². The average Bonchev–Trinajstić information content (AvgIpc) is 2.98. The number of aromatic nitrogens is 1. The lowest BCUT2D eigenvalue weighted by atomic mass is 10.0. The van der Waals surface area contributed by atoms with Crippen LogP contribution in [0.2, 0.25) is 0 Å². The monoisotopic (exact) mass is 349 g/mol. The molecule has 1 atom stereocenters. The zero-order valence-electron chi connectivity index (χ0n) is 15.6. The van der Waals surface area contributed by atoms with Crippen LogP contribution in [0.3, 0.4) is 0 Å². The first-order valence-electron chi connectivity index (χ1n) is 9.41. The van der Waals surface area contributed by atoms with Crippen LogP contribution < -0.4 is 4.90 Å². The molecular weight excluding hydrogens is 322 g/mol. The molecule has 1 aliphatic rings. The van der Waals surface area contributed by atoms with Gasteiger partial charge in [0.15, 0.2) is 0 Å². The Morgan fingerprint density at radius 1 is 1.00 bits per heavy atom. The molecular formula is C22H27N3O. The van der Waals surface area contributed by atoms with E-state index in [-0.39, 0.29) is 0 Å². The van der Waals surface area contributed by atoms with Crippen LogP contribution in [0.25, 0.3) is 10.9 Å². The van der Waals surface area contributed by atoms with E-state index in [4.69, 9.17) is 0 Å². The number of aryl methyl sites for hydroxylation is 2. The number of nitrogens with one attached hydrogen (secondary N) is 1. The van der Waals surface area contributed by atoms with Crippen molar-refractivity contribution in [3.05, 3.63) is 65.4 Å². The summed E-state index contributed by atoms with van der Waals surface area (Å²) in [5.41, 5.74) is 5.74.